The maximum Gasteiger partial charge on any atom is 0.311 e. The summed E-state index contributed by atoms with van der Waals surface area (Å²) in [4.78, 5) is 25.5. The number of aliphatic carboxylic acids is 1. The summed E-state index contributed by atoms with van der Waals surface area (Å²) >= 11 is 0. The Kier molecular flexibility index (Phi) is 4.13. The molecule has 3 unspecified atom stereocenters. The van der Waals surface area contributed by atoms with E-state index in [9.17, 15) is 14.7 Å². The smallest absolute Gasteiger partial charge is 0.311 e. The van der Waals surface area contributed by atoms with Gasteiger partial charge < -0.3 is 15.3 Å². The molecule has 1 amide bonds. The molecule has 2 heterocycles. The number of amides is 1. The van der Waals surface area contributed by atoms with E-state index in [0.29, 0.717) is 25.4 Å². The molecule has 0 saturated carbocycles. The minimum Gasteiger partial charge on any atom is -0.481 e. The van der Waals surface area contributed by atoms with Gasteiger partial charge in [0.1, 0.15) is 0 Å². The molecule has 0 aliphatic carbocycles. The standard InChI is InChI=1S/C14H24N2O3/c1-10-4-6-15-11(8-10)12(17)16-7-3-5-14(2,9-16)13(18)19/h10-11,15H,3-9H2,1-2H3,(H,18,19). The molecule has 3 atom stereocenters. The van der Waals surface area contributed by atoms with Crippen LogP contribution in [0.4, 0.5) is 0 Å². The first-order chi connectivity index (χ1) is 8.92. The summed E-state index contributed by atoms with van der Waals surface area (Å²) in [6.45, 7) is 5.81. The molecule has 0 radical (unpaired) electrons. The lowest BCUT2D eigenvalue weighted by atomic mass is 9.81. The molecule has 0 aromatic heterocycles. The first-order valence-corrected chi connectivity index (χ1v) is 7.18. The number of piperidine rings is 2. The van der Waals surface area contributed by atoms with Gasteiger partial charge in [0, 0.05) is 13.1 Å². The van der Waals surface area contributed by atoms with Crippen LogP contribution in [0.1, 0.15) is 39.5 Å². The van der Waals surface area contributed by atoms with Gasteiger partial charge in [-0.2, -0.15) is 0 Å². The number of hydrogen-bond acceptors (Lipinski definition) is 3. The zero-order valence-corrected chi connectivity index (χ0v) is 11.8. The van der Waals surface area contributed by atoms with E-state index >= 15 is 0 Å². The van der Waals surface area contributed by atoms with E-state index in [-0.39, 0.29) is 11.9 Å². The molecule has 5 heteroatoms. The first-order valence-electron chi connectivity index (χ1n) is 7.18. The molecule has 2 fully saturated rings. The average Bonchev–Trinajstić information content (AvgIpc) is 2.38. The quantitative estimate of drug-likeness (QED) is 0.786. The van der Waals surface area contributed by atoms with Gasteiger partial charge in [-0.05, 0) is 45.1 Å². The van der Waals surface area contributed by atoms with Gasteiger partial charge in [0.15, 0.2) is 0 Å². The molecule has 0 bridgehead atoms. The predicted molar refractivity (Wildman–Crippen MR) is 71.7 cm³/mol. The van der Waals surface area contributed by atoms with E-state index < -0.39 is 11.4 Å². The number of rotatable bonds is 2. The van der Waals surface area contributed by atoms with Crippen LogP contribution in [0.25, 0.3) is 0 Å². The van der Waals surface area contributed by atoms with Gasteiger partial charge in [0.2, 0.25) is 5.91 Å². The molecule has 0 aromatic rings. The molecule has 0 aromatic carbocycles. The normalized spacial score (nSPS) is 36.0. The fourth-order valence-electron chi connectivity index (χ4n) is 3.12. The topological polar surface area (TPSA) is 69.6 Å². The van der Waals surface area contributed by atoms with E-state index in [1.54, 1.807) is 11.8 Å². The van der Waals surface area contributed by atoms with E-state index in [0.717, 1.165) is 25.8 Å². The number of carboxylic acid groups (broad SMARTS) is 1. The van der Waals surface area contributed by atoms with Crippen LogP contribution in [0.15, 0.2) is 0 Å². The van der Waals surface area contributed by atoms with E-state index in [1.165, 1.54) is 0 Å². The summed E-state index contributed by atoms with van der Waals surface area (Å²) in [5.41, 5.74) is -0.784. The molecule has 108 valence electrons. The number of nitrogens with zero attached hydrogens (tertiary/aromatic N) is 1. The third-order valence-electron chi connectivity index (χ3n) is 4.49. The van der Waals surface area contributed by atoms with Gasteiger partial charge in [-0.15, -0.1) is 0 Å². The molecule has 2 rings (SSSR count). The summed E-state index contributed by atoms with van der Waals surface area (Å²) in [6, 6.07) is -0.125. The molecule has 0 spiro atoms. The van der Waals surface area contributed by atoms with Crippen LogP contribution in [0.2, 0.25) is 0 Å². The number of hydrogen-bond donors (Lipinski definition) is 2. The van der Waals surface area contributed by atoms with Gasteiger partial charge in [0.05, 0.1) is 11.5 Å². The summed E-state index contributed by atoms with van der Waals surface area (Å²) in [6.07, 6.45) is 3.40. The Morgan fingerprint density at radius 2 is 2.16 bits per heavy atom. The SMILES string of the molecule is CC1CCNC(C(=O)N2CCCC(C)(C(=O)O)C2)C1. The van der Waals surface area contributed by atoms with Crippen molar-refractivity contribution in [3.05, 3.63) is 0 Å². The highest BCUT2D eigenvalue weighted by Gasteiger charge is 2.41. The second-order valence-corrected chi connectivity index (χ2v) is 6.37. The Morgan fingerprint density at radius 3 is 2.79 bits per heavy atom. The van der Waals surface area contributed by atoms with E-state index in [2.05, 4.69) is 12.2 Å². The number of carbonyl (C=O) groups is 2. The van der Waals surface area contributed by atoms with Crippen LogP contribution in [0.5, 0.6) is 0 Å². The van der Waals surface area contributed by atoms with E-state index in [4.69, 9.17) is 0 Å². The lowest BCUT2D eigenvalue weighted by Crippen LogP contribution is -2.55. The third-order valence-corrected chi connectivity index (χ3v) is 4.49. The highest BCUT2D eigenvalue weighted by molar-refractivity contribution is 5.83. The van der Waals surface area contributed by atoms with Crippen molar-refractivity contribution in [2.45, 2.75) is 45.6 Å². The van der Waals surface area contributed by atoms with Crippen LogP contribution in [-0.4, -0.2) is 47.6 Å². The summed E-state index contributed by atoms with van der Waals surface area (Å²) in [5.74, 6) is -0.153. The fourth-order valence-corrected chi connectivity index (χ4v) is 3.12. The summed E-state index contributed by atoms with van der Waals surface area (Å²) in [5, 5.41) is 12.6. The van der Waals surface area contributed by atoms with Crippen molar-refractivity contribution in [3.63, 3.8) is 0 Å². The van der Waals surface area contributed by atoms with Crippen LogP contribution in [0, 0.1) is 11.3 Å². The predicted octanol–water partition coefficient (Wildman–Crippen LogP) is 1.09. The van der Waals surface area contributed by atoms with Crippen molar-refractivity contribution in [1.82, 2.24) is 10.2 Å². The second-order valence-electron chi connectivity index (χ2n) is 6.37. The number of carbonyl (C=O) groups excluding carboxylic acids is 1. The van der Waals surface area contributed by atoms with Crippen molar-refractivity contribution in [2.24, 2.45) is 11.3 Å². The molecule has 2 aliphatic rings. The fraction of sp³-hybridized carbons (Fsp3) is 0.857. The lowest BCUT2D eigenvalue weighted by molar-refractivity contribution is -0.154. The number of nitrogens with one attached hydrogen (secondary N) is 1. The number of carboxylic acids is 1. The minimum absolute atomic E-state index is 0.0822. The Labute approximate surface area is 114 Å². The summed E-state index contributed by atoms with van der Waals surface area (Å²) in [7, 11) is 0. The molecule has 2 N–H and O–H groups in total. The average molecular weight is 268 g/mol. The second kappa shape index (κ2) is 5.49. The monoisotopic (exact) mass is 268 g/mol. The maximum atomic E-state index is 12.5. The van der Waals surface area contributed by atoms with Gasteiger partial charge in [-0.1, -0.05) is 6.92 Å². The van der Waals surface area contributed by atoms with Crippen molar-refractivity contribution >= 4 is 11.9 Å². The zero-order valence-electron chi connectivity index (χ0n) is 11.8. The lowest BCUT2D eigenvalue weighted by Gasteiger charge is -2.40. The van der Waals surface area contributed by atoms with Crippen LogP contribution in [-0.2, 0) is 9.59 Å². The number of likely N-dealkylation sites (tertiary alicyclic amines) is 1. The van der Waals surface area contributed by atoms with Crippen molar-refractivity contribution in [3.8, 4) is 0 Å². The van der Waals surface area contributed by atoms with Gasteiger partial charge in [-0.25, -0.2) is 0 Å². The highest BCUT2D eigenvalue weighted by atomic mass is 16.4. The Bertz CT molecular complexity index is 372. The van der Waals surface area contributed by atoms with Crippen LogP contribution >= 0.6 is 0 Å². The zero-order chi connectivity index (χ0) is 14.0. The largest absolute Gasteiger partial charge is 0.481 e. The Balaban J connectivity index is 2.01. The molecular weight excluding hydrogens is 244 g/mol. The van der Waals surface area contributed by atoms with Crippen LogP contribution in [0.3, 0.4) is 0 Å². The Hall–Kier alpha value is -1.10. The van der Waals surface area contributed by atoms with Gasteiger partial charge in [0.25, 0.3) is 0 Å². The molecule has 2 saturated heterocycles. The molecule has 5 nitrogen and oxygen atoms in total. The van der Waals surface area contributed by atoms with Crippen molar-refractivity contribution in [1.29, 1.82) is 0 Å². The van der Waals surface area contributed by atoms with Gasteiger partial charge in [-0.3, -0.25) is 9.59 Å². The molecule has 19 heavy (non-hydrogen) atoms. The Morgan fingerprint density at radius 1 is 1.42 bits per heavy atom. The molecule has 2 aliphatic heterocycles. The van der Waals surface area contributed by atoms with E-state index in [1.807, 2.05) is 0 Å². The van der Waals surface area contributed by atoms with Crippen molar-refractivity contribution in [2.75, 3.05) is 19.6 Å². The highest BCUT2D eigenvalue weighted by Crippen LogP contribution is 2.30. The minimum atomic E-state index is -0.796. The third kappa shape index (κ3) is 3.08. The van der Waals surface area contributed by atoms with Crippen LogP contribution < -0.4 is 5.32 Å². The first kappa shape index (κ1) is 14.3. The summed E-state index contributed by atoms with van der Waals surface area (Å²) < 4.78 is 0. The molecular formula is C14H24N2O3. The maximum absolute atomic E-state index is 12.5. The van der Waals surface area contributed by atoms with Crippen molar-refractivity contribution < 1.29 is 14.7 Å². The van der Waals surface area contributed by atoms with Gasteiger partial charge >= 0.3 is 5.97 Å².